The fraction of sp³-hybridized carbons (Fsp3) is 0.240. The van der Waals surface area contributed by atoms with Gasteiger partial charge in [-0.05, 0) is 79.6 Å². The van der Waals surface area contributed by atoms with Crippen LogP contribution in [0.4, 0.5) is 0 Å². The Balaban J connectivity index is 1.86. The van der Waals surface area contributed by atoms with Gasteiger partial charge in [0.05, 0.1) is 29.4 Å². The lowest BCUT2D eigenvalue weighted by Crippen LogP contribution is -2.07. The van der Waals surface area contributed by atoms with Gasteiger partial charge in [0.25, 0.3) is 0 Å². The molecule has 8 heteroatoms. The van der Waals surface area contributed by atoms with Crippen LogP contribution in [0.2, 0.25) is 0 Å². The van der Waals surface area contributed by atoms with E-state index >= 15 is 0 Å². The quantitative estimate of drug-likeness (QED) is 0.383. The molecule has 174 valence electrons. The zero-order chi connectivity index (χ0) is 23.8. The van der Waals surface area contributed by atoms with E-state index < -0.39 is 15.8 Å². The molecule has 0 atom stereocenters. The minimum atomic E-state index is -3.85. The van der Waals surface area contributed by atoms with Gasteiger partial charge in [-0.25, -0.2) is 8.42 Å². The molecule has 1 N–H and O–H groups in total. The Morgan fingerprint density at radius 2 is 1.64 bits per heavy atom. The predicted molar refractivity (Wildman–Crippen MR) is 127 cm³/mol. The predicted octanol–water partition coefficient (Wildman–Crippen LogP) is 5.49. The van der Waals surface area contributed by atoms with Crippen LogP contribution >= 0.6 is 11.8 Å². The van der Waals surface area contributed by atoms with Gasteiger partial charge in [-0.15, -0.1) is 0 Å². The SMILES string of the molecule is CCCOc1cc(CC(=O)O)cc(S(=O)(=O)c2ccc(Sc3cccc(OCC)c3)cc2)c1. The van der Waals surface area contributed by atoms with Crippen molar-refractivity contribution in [3.63, 3.8) is 0 Å². The second-order valence-electron chi connectivity index (χ2n) is 7.22. The average molecular weight is 487 g/mol. The van der Waals surface area contributed by atoms with Crippen LogP contribution in [0, 0.1) is 0 Å². The number of hydrogen-bond donors (Lipinski definition) is 1. The summed E-state index contributed by atoms with van der Waals surface area (Å²) in [5, 5.41) is 9.14. The Morgan fingerprint density at radius 3 is 2.30 bits per heavy atom. The van der Waals surface area contributed by atoms with Gasteiger partial charge in [0.2, 0.25) is 9.84 Å². The summed E-state index contributed by atoms with van der Waals surface area (Å²) in [4.78, 5) is 13.2. The van der Waals surface area contributed by atoms with Crippen LogP contribution in [-0.4, -0.2) is 32.7 Å². The van der Waals surface area contributed by atoms with Crippen LogP contribution in [0.25, 0.3) is 0 Å². The first-order valence-electron chi connectivity index (χ1n) is 10.6. The first-order chi connectivity index (χ1) is 15.8. The van der Waals surface area contributed by atoms with E-state index in [9.17, 15) is 13.2 Å². The third-order valence-corrected chi connectivity index (χ3v) is 7.31. The highest BCUT2D eigenvalue weighted by Gasteiger charge is 2.20. The van der Waals surface area contributed by atoms with E-state index in [4.69, 9.17) is 14.6 Å². The van der Waals surface area contributed by atoms with Crippen LogP contribution < -0.4 is 9.47 Å². The molecule has 3 aromatic carbocycles. The summed E-state index contributed by atoms with van der Waals surface area (Å²) in [5.74, 6) is 0.0836. The molecule has 0 fully saturated rings. The molecule has 0 unspecified atom stereocenters. The van der Waals surface area contributed by atoms with E-state index in [1.165, 1.54) is 23.9 Å². The zero-order valence-electron chi connectivity index (χ0n) is 18.5. The number of aliphatic carboxylic acids is 1. The molecule has 0 aliphatic carbocycles. The van der Waals surface area contributed by atoms with Crippen molar-refractivity contribution < 1.29 is 27.8 Å². The Kier molecular flexibility index (Phi) is 8.41. The smallest absolute Gasteiger partial charge is 0.307 e. The van der Waals surface area contributed by atoms with E-state index in [0.29, 0.717) is 24.5 Å². The summed E-state index contributed by atoms with van der Waals surface area (Å²) in [5.41, 5.74) is 0.371. The van der Waals surface area contributed by atoms with Crippen molar-refractivity contribution in [1.82, 2.24) is 0 Å². The Labute approximate surface area is 198 Å². The van der Waals surface area contributed by atoms with Gasteiger partial charge in [-0.2, -0.15) is 0 Å². The molecular weight excluding hydrogens is 460 g/mol. The van der Waals surface area contributed by atoms with Gasteiger partial charge in [-0.3, -0.25) is 4.79 Å². The van der Waals surface area contributed by atoms with Crippen molar-refractivity contribution in [2.24, 2.45) is 0 Å². The van der Waals surface area contributed by atoms with Crippen molar-refractivity contribution in [2.45, 2.75) is 46.3 Å². The van der Waals surface area contributed by atoms with Crippen molar-refractivity contribution >= 4 is 27.6 Å². The molecule has 0 saturated heterocycles. The first-order valence-corrected chi connectivity index (χ1v) is 12.9. The third kappa shape index (κ3) is 6.76. The van der Waals surface area contributed by atoms with Crippen molar-refractivity contribution in [3.05, 3.63) is 72.3 Å². The summed E-state index contributed by atoms with van der Waals surface area (Å²) in [6.07, 6.45) is 0.458. The molecule has 0 heterocycles. The van der Waals surface area contributed by atoms with Crippen LogP contribution in [-0.2, 0) is 21.1 Å². The zero-order valence-corrected chi connectivity index (χ0v) is 20.1. The molecule has 0 aliphatic rings. The lowest BCUT2D eigenvalue weighted by Gasteiger charge is -2.11. The number of ether oxygens (including phenoxy) is 2. The first kappa shape index (κ1) is 24.7. The van der Waals surface area contributed by atoms with Gasteiger partial charge in [0.1, 0.15) is 11.5 Å². The van der Waals surface area contributed by atoms with Gasteiger partial charge >= 0.3 is 5.97 Å². The van der Waals surface area contributed by atoms with Crippen LogP contribution in [0.1, 0.15) is 25.8 Å². The molecule has 0 saturated carbocycles. The number of rotatable bonds is 11. The molecule has 0 amide bonds. The molecule has 0 aromatic heterocycles. The number of carbonyl (C=O) groups is 1. The highest BCUT2D eigenvalue weighted by atomic mass is 32.2. The number of benzene rings is 3. The minimum Gasteiger partial charge on any atom is -0.494 e. The Morgan fingerprint density at radius 1 is 0.879 bits per heavy atom. The lowest BCUT2D eigenvalue weighted by atomic mass is 10.1. The van der Waals surface area contributed by atoms with Crippen molar-refractivity contribution in [3.8, 4) is 11.5 Å². The molecule has 3 rings (SSSR count). The van der Waals surface area contributed by atoms with E-state index in [1.807, 2.05) is 38.1 Å². The molecule has 0 aliphatic heterocycles. The van der Waals surface area contributed by atoms with Crippen molar-refractivity contribution in [1.29, 1.82) is 0 Å². The van der Waals surface area contributed by atoms with Crippen molar-refractivity contribution in [2.75, 3.05) is 13.2 Å². The van der Waals surface area contributed by atoms with Crippen LogP contribution in [0.3, 0.4) is 0 Å². The van der Waals surface area contributed by atoms with E-state index in [0.717, 1.165) is 22.0 Å². The van der Waals surface area contributed by atoms with E-state index in [2.05, 4.69) is 0 Å². The molecule has 0 radical (unpaired) electrons. The Bertz CT molecular complexity index is 1200. The van der Waals surface area contributed by atoms with Gasteiger partial charge in [0, 0.05) is 9.79 Å². The average Bonchev–Trinajstić information content (AvgIpc) is 2.78. The van der Waals surface area contributed by atoms with Crippen LogP contribution in [0.15, 0.2) is 86.3 Å². The highest BCUT2D eigenvalue weighted by molar-refractivity contribution is 7.99. The normalized spacial score (nSPS) is 11.2. The van der Waals surface area contributed by atoms with Gasteiger partial charge in [0.15, 0.2) is 0 Å². The fourth-order valence-corrected chi connectivity index (χ4v) is 5.33. The standard InChI is InChI=1S/C25H26O6S2/c1-3-12-31-20-13-18(15-25(26)27)14-24(17-20)33(28,29)23-10-8-21(9-11-23)32-22-7-5-6-19(16-22)30-4-2/h5-11,13-14,16-17H,3-4,12,15H2,1-2H3,(H,26,27). The maximum absolute atomic E-state index is 13.3. The Hall–Kier alpha value is -2.97. The summed E-state index contributed by atoms with van der Waals surface area (Å²) in [6.45, 7) is 4.85. The monoisotopic (exact) mass is 486 g/mol. The number of carboxylic acid groups (broad SMARTS) is 1. The molecular formula is C25H26O6S2. The summed E-state index contributed by atoms with van der Waals surface area (Å²) in [6, 6.07) is 18.7. The fourth-order valence-electron chi connectivity index (χ4n) is 3.12. The number of carboxylic acids is 1. The summed E-state index contributed by atoms with van der Waals surface area (Å²) in [7, 11) is -3.85. The van der Waals surface area contributed by atoms with E-state index in [-0.39, 0.29) is 16.2 Å². The molecule has 33 heavy (non-hydrogen) atoms. The lowest BCUT2D eigenvalue weighted by molar-refractivity contribution is -0.136. The second-order valence-corrected chi connectivity index (χ2v) is 10.3. The molecule has 0 spiro atoms. The highest BCUT2D eigenvalue weighted by Crippen LogP contribution is 2.32. The van der Waals surface area contributed by atoms with Crippen LogP contribution in [0.5, 0.6) is 11.5 Å². The number of sulfone groups is 1. The summed E-state index contributed by atoms with van der Waals surface area (Å²) >= 11 is 1.50. The maximum atomic E-state index is 13.3. The number of hydrogen-bond acceptors (Lipinski definition) is 6. The molecule has 0 bridgehead atoms. The largest absolute Gasteiger partial charge is 0.494 e. The topological polar surface area (TPSA) is 89.9 Å². The summed E-state index contributed by atoms with van der Waals surface area (Å²) < 4.78 is 37.6. The third-order valence-electron chi connectivity index (χ3n) is 4.56. The van der Waals surface area contributed by atoms with E-state index in [1.54, 1.807) is 30.3 Å². The molecule has 3 aromatic rings. The second kappa shape index (κ2) is 11.2. The maximum Gasteiger partial charge on any atom is 0.307 e. The molecule has 6 nitrogen and oxygen atoms in total. The van der Waals surface area contributed by atoms with Gasteiger partial charge < -0.3 is 14.6 Å². The van der Waals surface area contributed by atoms with Gasteiger partial charge in [-0.1, -0.05) is 24.8 Å². The minimum absolute atomic E-state index is 0.0113.